The van der Waals surface area contributed by atoms with Gasteiger partial charge in [0.2, 0.25) is 0 Å². The first-order chi connectivity index (χ1) is 6.20. The summed E-state index contributed by atoms with van der Waals surface area (Å²) in [6, 6.07) is 4.39. The molecule has 2 rings (SSSR count). The van der Waals surface area contributed by atoms with Gasteiger partial charge in [-0.3, -0.25) is 4.98 Å². The molecule has 1 heterocycles. The highest BCUT2D eigenvalue weighted by Gasteiger charge is 2.32. The van der Waals surface area contributed by atoms with Gasteiger partial charge >= 0.3 is 0 Å². The van der Waals surface area contributed by atoms with Gasteiger partial charge in [0.05, 0.1) is 0 Å². The third-order valence-electron chi connectivity index (χ3n) is 2.96. The number of pyridine rings is 1. The maximum absolute atomic E-state index is 5.96. The summed E-state index contributed by atoms with van der Waals surface area (Å²) in [5.41, 5.74) is 8.58. The van der Waals surface area contributed by atoms with E-state index in [9.17, 15) is 0 Å². The first kappa shape index (κ1) is 8.70. The molecule has 1 aliphatic carbocycles. The van der Waals surface area contributed by atoms with Crippen LogP contribution < -0.4 is 5.73 Å². The summed E-state index contributed by atoms with van der Waals surface area (Å²) >= 11 is 0. The van der Waals surface area contributed by atoms with Crippen molar-refractivity contribution in [1.82, 2.24) is 4.98 Å². The molecule has 0 aliphatic heterocycles. The van der Waals surface area contributed by atoms with E-state index in [0.29, 0.717) is 11.8 Å². The highest BCUT2D eigenvalue weighted by Crippen LogP contribution is 2.37. The molecule has 70 valence electrons. The van der Waals surface area contributed by atoms with Crippen molar-refractivity contribution in [3.8, 4) is 0 Å². The maximum Gasteiger partial charge on any atom is 0.0484 e. The van der Waals surface area contributed by atoms with Gasteiger partial charge in [0.1, 0.15) is 0 Å². The van der Waals surface area contributed by atoms with Gasteiger partial charge in [0.15, 0.2) is 0 Å². The van der Waals surface area contributed by atoms with Crippen LogP contribution in [-0.4, -0.2) is 11.0 Å². The first-order valence-corrected chi connectivity index (χ1v) is 4.89. The van der Waals surface area contributed by atoms with Crippen molar-refractivity contribution in [2.75, 3.05) is 0 Å². The molecule has 3 atom stereocenters. The van der Waals surface area contributed by atoms with Crippen LogP contribution in [0.4, 0.5) is 0 Å². The van der Waals surface area contributed by atoms with Crippen LogP contribution in [0, 0.1) is 5.92 Å². The average Bonchev–Trinajstić information content (AvgIpc) is 2.39. The Labute approximate surface area is 79.2 Å². The zero-order valence-corrected chi connectivity index (χ0v) is 8.20. The maximum atomic E-state index is 5.96. The Hall–Kier alpha value is -0.890. The molecule has 2 heteroatoms. The van der Waals surface area contributed by atoms with E-state index in [4.69, 9.17) is 5.73 Å². The molecule has 13 heavy (non-hydrogen) atoms. The number of rotatable bonds is 1. The first-order valence-electron chi connectivity index (χ1n) is 4.89. The van der Waals surface area contributed by atoms with Crippen LogP contribution in [0.15, 0.2) is 18.3 Å². The third kappa shape index (κ3) is 1.35. The van der Waals surface area contributed by atoms with Crippen LogP contribution >= 0.6 is 0 Å². The molecule has 0 saturated heterocycles. The fourth-order valence-electron chi connectivity index (χ4n) is 2.43. The highest BCUT2D eigenvalue weighted by atomic mass is 14.8. The fraction of sp³-hybridized carbons (Fsp3) is 0.545. The minimum atomic E-state index is 0.214. The van der Waals surface area contributed by atoms with Crippen LogP contribution in [0.5, 0.6) is 0 Å². The molecular formula is C11H16N2. The van der Waals surface area contributed by atoms with Crippen LogP contribution in [0.2, 0.25) is 0 Å². The molecule has 0 aromatic carbocycles. The van der Waals surface area contributed by atoms with E-state index >= 15 is 0 Å². The molecular weight excluding hydrogens is 160 g/mol. The van der Waals surface area contributed by atoms with E-state index in [-0.39, 0.29) is 6.04 Å². The summed E-state index contributed by atoms with van der Waals surface area (Å²) < 4.78 is 0. The predicted molar refractivity (Wildman–Crippen MR) is 53.5 cm³/mol. The Morgan fingerprint density at radius 3 is 3.08 bits per heavy atom. The molecule has 1 aromatic rings. The summed E-state index contributed by atoms with van der Waals surface area (Å²) in [6.45, 7) is 4.33. The molecule has 0 fully saturated rings. The number of hydrogen-bond acceptors (Lipinski definition) is 2. The molecule has 0 radical (unpaired) electrons. The second-order valence-electron chi connectivity index (χ2n) is 4.11. The van der Waals surface area contributed by atoms with Gasteiger partial charge in [-0.15, -0.1) is 0 Å². The van der Waals surface area contributed by atoms with E-state index in [1.54, 1.807) is 0 Å². The Kier molecular flexibility index (Phi) is 2.08. The summed E-state index contributed by atoms with van der Waals surface area (Å²) in [7, 11) is 0. The monoisotopic (exact) mass is 176 g/mol. The molecule has 0 saturated carbocycles. The van der Waals surface area contributed by atoms with Gasteiger partial charge < -0.3 is 5.73 Å². The van der Waals surface area contributed by atoms with Crippen molar-refractivity contribution in [2.45, 2.75) is 32.2 Å². The van der Waals surface area contributed by atoms with Crippen LogP contribution in [0.1, 0.15) is 31.0 Å². The van der Waals surface area contributed by atoms with Gasteiger partial charge in [-0.2, -0.15) is 0 Å². The van der Waals surface area contributed by atoms with Gasteiger partial charge in [0, 0.05) is 23.9 Å². The standard InChI is InChI=1S/C11H16N2/c1-7-6-9-4-3-5-13-11(9)10(7)8(2)12/h3-5,7-8,10H,6,12H2,1-2H3. The van der Waals surface area contributed by atoms with Crippen molar-refractivity contribution >= 4 is 0 Å². The minimum absolute atomic E-state index is 0.214. The van der Waals surface area contributed by atoms with Crippen LogP contribution in [0.25, 0.3) is 0 Å². The summed E-state index contributed by atoms with van der Waals surface area (Å²) in [5, 5.41) is 0. The lowest BCUT2D eigenvalue weighted by atomic mass is 9.91. The van der Waals surface area contributed by atoms with Gasteiger partial charge in [0.25, 0.3) is 0 Å². The Bertz CT molecular complexity index is 307. The van der Waals surface area contributed by atoms with Crippen molar-refractivity contribution in [3.05, 3.63) is 29.6 Å². The zero-order chi connectivity index (χ0) is 9.42. The number of nitrogens with zero attached hydrogens (tertiary/aromatic N) is 1. The van der Waals surface area contributed by atoms with E-state index in [1.807, 2.05) is 12.3 Å². The highest BCUT2D eigenvalue weighted by molar-refractivity contribution is 5.31. The van der Waals surface area contributed by atoms with Crippen molar-refractivity contribution < 1.29 is 0 Å². The Balaban J connectivity index is 2.40. The molecule has 2 N–H and O–H groups in total. The van der Waals surface area contributed by atoms with E-state index in [1.165, 1.54) is 11.3 Å². The molecule has 2 nitrogen and oxygen atoms in total. The molecule has 1 aromatic heterocycles. The van der Waals surface area contributed by atoms with Crippen LogP contribution in [-0.2, 0) is 6.42 Å². The number of fused-ring (bicyclic) bond motifs is 1. The SMILES string of the molecule is CC(N)C1c2ncccc2CC1C. The number of nitrogens with two attached hydrogens (primary N) is 1. The van der Waals surface area contributed by atoms with Crippen molar-refractivity contribution in [1.29, 1.82) is 0 Å². The van der Waals surface area contributed by atoms with Crippen molar-refractivity contribution in [3.63, 3.8) is 0 Å². The van der Waals surface area contributed by atoms with Gasteiger partial charge in [-0.05, 0) is 30.9 Å². The average molecular weight is 176 g/mol. The summed E-state index contributed by atoms with van der Waals surface area (Å²) in [4.78, 5) is 4.43. The Morgan fingerprint density at radius 2 is 2.38 bits per heavy atom. The predicted octanol–water partition coefficient (Wildman–Crippen LogP) is 1.70. The second-order valence-corrected chi connectivity index (χ2v) is 4.11. The molecule has 0 spiro atoms. The minimum Gasteiger partial charge on any atom is -0.327 e. The largest absolute Gasteiger partial charge is 0.327 e. The molecule has 1 aliphatic rings. The quantitative estimate of drug-likeness (QED) is 0.707. The van der Waals surface area contributed by atoms with Crippen molar-refractivity contribution in [2.24, 2.45) is 11.7 Å². The van der Waals surface area contributed by atoms with E-state index < -0.39 is 0 Å². The lowest BCUT2D eigenvalue weighted by molar-refractivity contribution is 0.434. The van der Waals surface area contributed by atoms with Crippen LogP contribution in [0.3, 0.4) is 0 Å². The zero-order valence-electron chi connectivity index (χ0n) is 8.20. The van der Waals surface area contributed by atoms with Gasteiger partial charge in [-0.25, -0.2) is 0 Å². The Morgan fingerprint density at radius 1 is 1.62 bits per heavy atom. The summed E-state index contributed by atoms with van der Waals surface area (Å²) in [5.74, 6) is 1.10. The number of hydrogen-bond donors (Lipinski definition) is 1. The smallest absolute Gasteiger partial charge is 0.0484 e. The second kappa shape index (κ2) is 3.11. The molecule has 0 amide bonds. The lowest BCUT2D eigenvalue weighted by Gasteiger charge is -2.19. The van der Waals surface area contributed by atoms with Gasteiger partial charge in [-0.1, -0.05) is 13.0 Å². The normalized spacial score (nSPS) is 28.5. The fourth-order valence-corrected chi connectivity index (χ4v) is 2.43. The lowest BCUT2D eigenvalue weighted by Crippen LogP contribution is -2.27. The van der Waals surface area contributed by atoms with E-state index in [0.717, 1.165) is 6.42 Å². The van der Waals surface area contributed by atoms with E-state index in [2.05, 4.69) is 24.9 Å². The third-order valence-corrected chi connectivity index (χ3v) is 2.96. The summed E-state index contributed by atoms with van der Waals surface area (Å²) in [6.07, 6.45) is 3.00. The topological polar surface area (TPSA) is 38.9 Å². The molecule has 0 bridgehead atoms. The number of aromatic nitrogens is 1. The molecule has 3 unspecified atom stereocenters.